The summed E-state index contributed by atoms with van der Waals surface area (Å²) in [6, 6.07) is 5.56. The van der Waals surface area contributed by atoms with E-state index in [1.807, 2.05) is 40.8 Å². The zero-order valence-corrected chi connectivity index (χ0v) is 24.3. The van der Waals surface area contributed by atoms with Gasteiger partial charge in [-0.2, -0.15) is 0 Å². The maximum Gasteiger partial charge on any atom is 0.228 e. The molecule has 4 fully saturated rings. The number of benzene rings is 1. The number of halogens is 2. The molecule has 0 aromatic heterocycles. The molecular formula is C30H41Cl2N3O3. The van der Waals surface area contributed by atoms with Gasteiger partial charge in [0, 0.05) is 56.9 Å². The van der Waals surface area contributed by atoms with Crippen molar-refractivity contribution in [2.75, 3.05) is 33.2 Å². The second kappa shape index (κ2) is 11.4. The van der Waals surface area contributed by atoms with Crippen LogP contribution in [0.15, 0.2) is 18.2 Å². The molecule has 0 N–H and O–H groups in total. The van der Waals surface area contributed by atoms with E-state index in [4.69, 9.17) is 23.2 Å². The van der Waals surface area contributed by atoms with Gasteiger partial charge in [-0.1, -0.05) is 55.5 Å². The Morgan fingerprint density at radius 2 is 1.63 bits per heavy atom. The molecule has 0 spiro atoms. The van der Waals surface area contributed by atoms with Gasteiger partial charge in [-0.25, -0.2) is 0 Å². The van der Waals surface area contributed by atoms with E-state index >= 15 is 0 Å². The smallest absolute Gasteiger partial charge is 0.228 e. The van der Waals surface area contributed by atoms with Crippen LogP contribution < -0.4 is 0 Å². The van der Waals surface area contributed by atoms with Crippen molar-refractivity contribution in [3.05, 3.63) is 33.8 Å². The van der Waals surface area contributed by atoms with E-state index in [-0.39, 0.29) is 41.0 Å². The molecular weight excluding hydrogens is 521 g/mol. The second-order valence-corrected chi connectivity index (χ2v) is 13.2. The Morgan fingerprint density at radius 1 is 0.947 bits per heavy atom. The number of carbonyl (C=O) groups is 3. The quantitative estimate of drug-likeness (QED) is 0.443. The summed E-state index contributed by atoms with van der Waals surface area (Å²) in [6.45, 7) is 4.43. The molecule has 2 saturated heterocycles. The third-order valence-corrected chi connectivity index (χ3v) is 10.4. The Bertz CT molecular complexity index is 1060. The van der Waals surface area contributed by atoms with Crippen molar-refractivity contribution in [1.29, 1.82) is 0 Å². The molecule has 2 aliphatic carbocycles. The number of amides is 3. The fourth-order valence-electron chi connectivity index (χ4n) is 6.77. The Hall–Kier alpha value is -1.79. The van der Waals surface area contributed by atoms with Gasteiger partial charge in [-0.05, 0) is 62.1 Å². The standard InChI is InChI=1S/C30H41Cl2N3O3/c1-30(12-13-30)29(38)34-14-10-21(11-15-34)28(37)35-18-23(22-8-9-24(31)25(32)17-22)26(19-35)33(2)27(36)16-20-6-4-3-5-7-20/h8-9,17,20-21,23,26H,3-7,10-16,18-19H2,1-2H3. The molecule has 0 radical (unpaired) electrons. The van der Waals surface area contributed by atoms with Gasteiger partial charge in [-0.15, -0.1) is 0 Å². The van der Waals surface area contributed by atoms with Crippen LogP contribution in [0.2, 0.25) is 10.0 Å². The first-order chi connectivity index (χ1) is 18.2. The first-order valence-electron chi connectivity index (χ1n) is 14.4. The first-order valence-corrected chi connectivity index (χ1v) is 15.2. The van der Waals surface area contributed by atoms with Gasteiger partial charge in [0.2, 0.25) is 17.7 Å². The second-order valence-electron chi connectivity index (χ2n) is 12.4. The van der Waals surface area contributed by atoms with E-state index in [0.717, 1.165) is 31.2 Å². The topological polar surface area (TPSA) is 60.9 Å². The Labute approximate surface area is 237 Å². The van der Waals surface area contributed by atoms with E-state index in [1.54, 1.807) is 6.07 Å². The van der Waals surface area contributed by atoms with Crippen molar-refractivity contribution in [1.82, 2.24) is 14.7 Å². The van der Waals surface area contributed by atoms with Gasteiger partial charge >= 0.3 is 0 Å². The summed E-state index contributed by atoms with van der Waals surface area (Å²) in [5.41, 5.74) is 0.844. The average molecular weight is 563 g/mol. The average Bonchev–Trinajstić information content (AvgIpc) is 3.53. The molecule has 4 aliphatic rings. The fourth-order valence-corrected chi connectivity index (χ4v) is 7.07. The molecule has 3 amide bonds. The lowest BCUT2D eigenvalue weighted by molar-refractivity contribution is -0.142. The van der Waals surface area contributed by atoms with E-state index < -0.39 is 0 Å². The van der Waals surface area contributed by atoms with Crippen molar-refractivity contribution < 1.29 is 14.4 Å². The van der Waals surface area contributed by atoms with Crippen LogP contribution in [-0.4, -0.2) is 71.7 Å². The number of hydrogen-bond donors (Lipinski definition) is 0. The summed E-state index contributed by atoms with van der Waals surface area (Å²) in [6.07, 6.45) is 9.90. The minimum absolute atomic E-state index is 0.0227. The molecule has 6 nitrogen and oxygen atoms in total. The summed E-state index contributed by atoms with van der Waals surface area (Å²) in [5.74, 6) is 0.930. The van der Waals surface area contributed by atoms with Crippen LogP contribution in [0.4, 0.5) is 0 Å². The van der Waals surface area contributed by atoms with E-state index in [2.05, 4.69) is 0 Å². The lowest BCUT2D eigenvalue weighted by atomic mass is 9.86. The highest BCUT2D eigenvalue weighted by molar-refractivity contribution is 6.42. The highest BCUT2D eigenvalue weighted by atomic mass is 35.5. The molecule has 2 heterocycles. The lowest BCUT2D eigenvalue weighted by Crippen LogP contribution is -2.46. The number of carbonyl (C=O) groups excluding carboxylic acids is 3. The van der Waals surface area contributed by atoms with Gasteiger partial charge in [0.15, 0.2) is 0 Å². The molecule has 38 heavy (non-hydrogen) atoms. The zero-order chi connectivity index (χ0) is 27.0. The summed E-state index contributed by atoms with van der Waals surface area (Å²) in [7, 11) is 1.90. The molecule has 2 aliphatic heterocycles. The minimum Gasteiger partial charge on any atom is -0.342 e. The van der Waals surface area contributed by atoms with Gasteiger partial charge in [0.1, 0.15) is 0 Å². The summed E-state index contributed by atoms with van der Waals surface area (Å²) >= 11 is 12.6. The van der Waals surface area contributed by atoms with Gasteiger partial charge in [0.05, 0.1) is 16.1 Å². The molecule has 2 atom stereocenters. The van der Waals surface area contributed by atoms with Crippen molar-refractivity contribution >= 4 is 40.9 Å². The predicted octanol–water partition coefficient (Wildman–Crippen LogP) is 5.76. The van der Waals surface area contributed by atoms with E-state index in [9.17, 15) is 14.4 Å². The Morgan fingerprint density at radius 3 is 2.26 bits per heavy atom. The fraction of sp³-hybridized carbons (Fsp3) is 0.700. The molecule has 8 heteroatoms. The maximum absolute atomic E-state index is 13.7. The van der Waals surface area contributed by atoms with E-state index in [1.165, 1.54) is 19.3 Å². The molecule has 1 aromatic carbocycles. The molecule has 1 aromatic rings. The van der Waals surface area contributed by atoms with Crippen LogP contribution in [0.1, 0.15) is 82.6 Å². The Kier molecular flexibility index (Phi) is 8.31. The van der Waals surface area contributed by atoms with Crippen molar-refractivity contribution in [2.45, 2.75) is 83.1 Å². The lowest BCUT2D eigenvalue weighted by Gasteiger charge is -2.35. The molecule has 2 saturated carbocycles. The predicted molar refractivity (Wildman–Crippen MR) is 150 cm³/mol. The van der Waals surface area contributed by atoms with Crippen LogP contribution in [0.25, 0.3) is 0 Å². The largest absolute Gasteiger partial charge is 0.342 e. The van der Waals surface area contributed by atoms with Crippen LogP contribution in [0.5, 0.6) is 0 Å². The van der Waals surface area contributed by atoms with Crippen LogP contribution in [-0.2, 0) is 14.4 Å². The van der Waals surface area contributed by atoms with Gasteiger partial charge in [-0.3, -0.25) is 14.4 Å². The van der Waals surface area contributed by atoms with Crippen molar-refractivity contribution in [3.63, 3.8) is 0 Å². The molecule has 5 rings (SSSR count). The SMILES string of the molecule is CN(C(=O)CC1CCCCC1)C1CN(C(=O)C2CCN(C(=O)C3(C)CC3)CC2)CC1c1ccc(Cl)c(Cl)c1. The number of hydrogen-bond acceptors (Lipinski definition) is 3. The third-order valence-electron chi connectivity index (χ3n) is 9.70. The normalized spacial score (nSPS) is 25.9. The summed E-state index contributed by atoms with van der Waals surface area (Å²) in [4.78, 5) is 45.7. The monoisotopic (exact) mass is 561 g/mol. The van der Waals surface area contributed by atoms with Crippen LogP contribution >= 0.6 is 23.2 Å². The minimum atomic E-state index is -0.166. The highest BCUT2D eigenvalue weighted by Crippen LogP contribution is 2.47. The van der Waals surface area contributed by atoms with Crippen molar-refractivity contribution in [3.8, 4) is 0 Å². The molecule has 208 valence electrons. The highest BCUT2D eigenvalue weighted by Gasteiger charge is 2.48. The number of nitrogens with zero attached hydrogens (tertiary/aromatic N) is 3. The maximum atomic E-state index is 13.7. The van der Waals surface area contributed by atoms with E-state index in [0.29, 0.717) is 61.4 Å². The number of likely N-dealkylation sites (tertiary alicyclic amines) is 2. The third kappa shape index (κ3) is 5.86. The molecule has 0 bridgehead atoms. The number of rotatable bonds is 6. The number of likely N-dealkylation sites (N-methyl/N-ethyl adjacent to an activating group) is 1. The molecule has 2 unspecified atom stereocenters. The summed E-state index contributed by atoms with van der Waals surface area (Å²) < 4.78 is 0. The van der Waals surface area contributed by atoms with Gasteiger partial charge in [0.25, 0.3) is 0 Å². The van der Waals surface area contributed by atoms with Gasteiger partial charge < -0.3 is 14.7 Å². The number of piperidine rings is 1. The first kappa shape index (κ1) is 27.8. The summed E-state index contributed by atoms with van der Waals surface area (Å²) in [5, 5.41) is 0.992. The Balaban J connectivity index is 1.27. The zero-order valence-electron chi connectivity index (χ0n) is 22.8. The van der Waals surface area contributed by atoms with Crippen LogP contribution in [0.3, 0.4) is 0 Å². The van der Waals surface area contributed by atoms with Crippen LogP contribution in [0, 0.1) is 17.3 Å². The van der Waals surface area contributed by atoms with Crippen molar-refractivity contribution in [2.24, 2.45) is 17.3 Å².